The molecule has 0 aromatic carbocycles. The van der Waals surface area contributed by atoms with E-state index in [0.29, 0.717) is 18.0 Å². The van der Waals surface area contributed by atoms with Crippen molar-refractivity contribution in [3.8, 4) is 0 Å². The Morgan fingerprint density at radius 2 is 2.12 bits per heavy atom. The highest BCUT2D eigenvalue weighted by Gasteiger charge is 2.26. The number of rotatable bonds is 4. The molecule has 4 nitrogen and oxygen atoms in total. The number of sulfonamides is 1. The Morgan fingerprint density at radius 1 is 1.41 bits per heavy atom. The predicted molar refractivity (Wildman–Crippen MR) is 73.2 cm³/mol. The number of hydrogen-bond acceptors (Lipinski definition) is 5. The van der Waals surface area contributed by atoms with Crippen molar-refractivity contribution in [2.75, 3.05) is 31.6 Å². The summed E-state index contributed by atoms with van der Waals surface area (Å²) in [5, 5.41) is 4.77. The summed E-state index contributed by atoms with van der Waals surface area (Å²) in [7, 11) is -1.40. The van der Waals surface area contributed by atoms with Crippen molar-refractivity contribution < 1.29 is 8.42 Å². The van der Waals surface area contributed by atoms with Crippen LogP contribution in [0.5, 0.6) is 0 Å². The molecule has 7 heteroatoms. The average Bonchev–Trinajstić information content (AvgIpc) is 2.80. The molecule has 96 valence electrons. The van der Waals surface area contributed by atoms with Crippen molar-refractivity contribution in [2.24, 2.45) is 0 Å². The van der Waals surface area contributed by atoms with Crippen molar-refractivity contribution in [1.29, 1.82) is 0 Å². The smallest absolute Gasteiger partial charge is 0.243 e. The summed E-state index contributed by atoms with van der Waals surface area (Å²) in [6.07, 6.45) is 0. The molecule has 0 spiro atoms. The first-order valence-corrected chi connectivity index (χ1v) is 8.92. The van der Waals surface area contributed by atoms with Crippen LogP contribution >= 0.6 is 23.1 Å². The molecule has 1 N–H and O–H groups in total. The minimum atomic E-state index is -3.26. The maximum atomic E-state index is 12.3. The van der Waals surface area contributed by atoms with Crippen LogP contribution in [0.25, 0.3) is 0 Å². The SMILES string of the molecule is CNCc1cc(S(=O)(=O)N2CCSCC2)cs1. The lowest BCUT2D eigenvalue weighted by Gasteiger charge is -2.25. The van der Waals surface area contributed by atoms with Crippen LogP contribution in [-0.4, -0.2) is 44.4 Å². The molecular weight excluding hydrogens is 276 g/mol. The van der Waals surface area contributed by atoms with Gasteiger partial charge in [-0.2, -0.15) is 16.1 Å². The summed E-state index contributed by atoms with van der Waals surface area (Å²) < 4.78 is 26.2. The van der Waals surface area contributed by atoms with Gasteiger partial charge in [-0.25, -0.2) is 8.42 Å². The summed E-state index contributed by atoms with van der Waals surface area (Å²) in [5.41, 5.74) is 0. The molecule has 2 rings (SSSR count). The highest BCUT2D eigenvalue weighted by molar-refractivity contribution is 7.99. The van der Waals surface area contributed by atoms with Gasteiger partial charge in [-0.1, -0.05) is 0 Å². The molecule has 0 unspecified atom stereocenters. The van der Waals surface area contributed by atoms with Gasteiger partial charge in [0.05, 0.1) is 4.90 Å². The van der Waals surface area contributed by atoms with Crippen LogP contribution in [0.15, 0.2) is 16.3 Å². The van der Waals surface area contributed by atoms with Gasteiger partial charge in [0.15, 0.2) is 0 Å². The zero-order valence-electron chi connectivity index (χ0n) is 9.68. The molecule has 1 aromatic heterocycles. The van der Waals surface area contributed by atoms with Gasteiger partial charge >= 0.3 is 0 Å². The van der Waals surface area contributed by atoms with Crippen molar-refractivity contribution >= 4 is 33.1 Å². The van der Waals surface area contributed by atoms with E-state index in [-0.39, 0.29) is 0 Å². The maximum Gasteiger partial charge on any atom is 0.243 e. The van der Waals surface area contributed by atoms with Crippen molar-refractivity contribution in [1.82, 2.24) is 9.62 Å². The Hall–Kier alpha value is -0.0800. The third-order valence-corrected chi connectivity index (χ3v) is 6.49. The zero-order chi connectivity index (χ0) is 12.3. The third-order valence-electron chi connectivity index (χ3n) is 2.59. The van der Waals surface area contributed by atoms with Gasteiger partial charge in [0, 0.05) is 41.4 Å². The molecule has 0 radical (unpaired) electrons. The van der Waals surface area contributed by atoms with Crippen molar-refractivity contribution in [3.05, 3.63) is 16.3 Å². The molecule has 0 aliphatic carbocycles. The van der Waals surface area contributed by atoms with E-state index in [0.717, 1.165) is 22.9 Å². The number of hydrogen-bond donors (Lipinski definition) is 1. The summed E-state index contributed by atoms with van der Waals surface area (Å²) in [6, 6.07) is 1.78. The molecule has 0 saturated carbocycles. The fourth-order valence-corrected chi connectivity index (χ4v) is 5.55. The number of nitrogens with zero attached hydrogens (tertiary/aromatic N) is 1. The van der Waals surface area contributed by atoms with E-state index >= 15 is 0 Å². The Kier molecular flexibility index (Phi) is 4.48. The average molecular weight is 292 g/mol. The summed E-state index contributed by atoms with van der Waals surface area (Å²) in [4.78, 5) is 1.50. The van der Waals surface area contributed by atoms with Crippen molar-refractivity contribution in [3.63, 3.8) is 0 Å². The van der Waals surface area contributed by atoms with Crippen LogP contribution in [0, 0.1) is 0 Å². The second-order valence-electron chi connectivity index (χ2n) is 3.80. The molecule has 0 bridgehead atoms. The largest absolute Gasteiger partial charge is 0.315 e. The van der Waals surface area contributed by atoms with Gasteiger partial charge in [-0.3, -0.25) is 0 Å². The van der Waals surface area contributed by atoms with Crippen LogP contribution < -0.4 is 5.32 Å². The van der Waals surface area contributed by atoms with E-state index in [4.69, 9.17) is 0 Å². The normalized spacial score (nSPS) is 18.4. The van der Waals surface area contributed by atoms with Gasteiger partial charge < -0.3 is 5.32 Å². The van der Waals surface area contributed by atoms with Crippen LogP contribution in [0.3, 0.4) is 0 Å². The van der Waals surface area contributed by atoms with Crippen LogP contribution in [0.4, 0.5) is 0 Å². The number of thiophene rings is 1. The van der Waals surface area contributed by atoms with Crippen LogP contribution in [0.2, 0.25) is 0 Å². The van der Waals surface area contributed by atoms with Crippen molar-refractivity contribution in [2.45, 2.75) is 11.4 Å². The predicted octanol–water partition coefficient (Wildman–Crippen LogP) is 1.20. The van der Waals surface area contributed by atoms with Gasteiger partial charge in [-0.15, -0.1) is 11.3 Å². The monoisotopic (exact) mass is 292 g/mol. The summed E-state index contributed by atoms with van der Waals surface area (Å²) in [5.74, 6) is 1.79. The molecule has 0 amide bonds. The molecule has 0 atom stereocenters. The molecular formula is C10H16N2O2S3. The first-order valence-electron chi connectivity index (χ1n) is 5.44. The van der Waals surface area contributed by atoms with Crippen LogP contribution in [0.1, 0.15) is 4.88 Å². The first-order chi connectivity index (χ1) is 8.14. The quantitative estimate of drug-likeness (QED) is 0.906. The Bertz CT molecular complexity index is 464. The third kappa shape index (κ3) is 3.03. The lowest BCUT2D eigenvalue weighted by atomic mass is 10.5. The molecule has 1 aliphatic heterocycles. The standard InChI is InChI=1S/C10H16N2O2S3/c1-11-7-9-6-10(8-16-9)17(13,14)12-2-4-15-5-3-12/h6,8,11H,2-5,7H2,1H3. The molecule has 1 fully saturated rings. The van der Waals surface area contributed by atoms with E-state index in [1.807, 2.05) is 18.8 Å². The Balaban J connectivity index is 2.18. The van der Waals surface area contributed by atoms with E-state index in [9.17, 15) is 8.42 Å². The topological polar surface area (TPSA) is 49.4 Å². The molecule has 1 aliphatic rings. The second-order valence-corrected chi connectivity index (χ2v) is 7.95. The Morgan fingerprint density at radius 3 is 2.76 bits per heavy atom. The highest BCUT2D eigenvalue weighted by Crippen LogP contribution is 2.24. The lowest BCUT2D eigenvalue weighted by Crippen LogP contribution is -2.37. The Labute approximate surface area is 110 Å². The fourth-order valence-electron chi connectivity index (χ4n) is 1.70. The van der Waals surface area contributed by atoms with Gasteiger partial charge in [0.1, 0.15) is 0 Å². The minimum absolute atomic E-state index is 0.444. The number of thioether (sulfide) groups is 1. The number of nitrogens with one attached hydrogen (secondary N) is 1. The lowest BCUT2D eigenvalue weighted by molar-refractivity contribution is 0.444. The van der Waals surface area contributed by atoms with E-state index < -0.39 is 10.0 Å². The van der Waals surface area contributed by atoms with E-state index in [1.54, 1.807) is 15.8 Å². The van der Waals surface area contributed by atoms with E-state index in [2.05, 4.69) is 5.32 Å². The van der Waals surface area contributed by atoms with Crippen LogP contribution in [-0.2, 0) is 16.6 Å². The van der Waals surface area contributed by atoms with Gasteiger partial charge in [0.25, 0.3) is 0 Å². The fraction of sp³-hybridized carbons (Fsp3) is 0.600. The first kappa shape index (κ1) is 13.4. The summed E-state index contributed by atoms with van der Waals surface area (Å²) >= 11 is 3.30. The second kappa shape index (κ2) is 5.71. The molecule has 1 saturated heterocycles. The molecule has 1 aromatic rings. The van der Waals surface area contributed by atoms with Gasteiger partial charge in [-0.05, 0) is 13.1 Å². The summed E-state index contributed by atoms with van der Waals surface area (Å²) in [6.45, 7) is 1.98. The highest BCUT2D eigenvalue weighted by atomic mass is 32.2. The van der Waals surface area contributed by atoms with E-state index in [1.165, 1.54) is 11.3 Å². The molecule has 17 heavy (non-hydrogen) atoms. The molecule has 2 heterocycles. The zero-order valence-corrected chi connectivity index (χ0v) is 12.1. The van der Waals surface area contributed by atoms with Gasteiger partial charge in [0.2, 0.25) is 10.0 Å². The maximum absolute atomic E-state index is 12.3. The minimum Gasteiger partial charge on any atom is -0.315 e.